The van der Waals surface area contributed by atoms with Gasteiger partial charge >= 0.3 is 0 Å². The van der Waals surface area contributed by atoms with E-state index in [0.29, 0.717) is 19.0 Å². The van der Waals surface area contributed by atoms with Crippen LogP contribution >= 0.6 is 0 Å². The molecule has 23 heavy (non-hydrogen) atoms. The van der Waals surface area contributed by atoms with E-state index < -0.39 is 0 Å². The van der Waals surface area contributed by atoms with E-state index in [1.54, 1.807) is 18.5 Å². The van der Waals surface area contributed by atoms with Crippen molar-refractivity contribution in [2.75, 3.05) is 0 Å². The van der Waals surface area contributed by atoms with Gasteiger partial charge in [0.15, 0.2) is 0 Å². The second-order valence-corrected chi connectivity index (χ2v) is 6.60. The van der Waals surface area contributed by atoms with Gasteiger partial charge in [0, 0.05) is 12.7 Å². The zero-order chi connectivity index (χ0) is 15.8. The van der Waals surface area contributed by atoms with E-state index in [1.807, 2.05) is 11.1 Å². The predicted octanol–water partition coefficient (Wildman–Crippen LogP) is 3.30. The van der Waals surface area contributed by atoms with Crippen LogP contribution in [0.15, 0.2) is 36.8 Å². The maximum Gasteiger partial charge on any atom is 0.246 e. The second-order valence-electron chi connectivity index (χ2n) is 6.60. The molecule has 1 aromatic carbocycles. The summed E-state index contributed by atoms with van der Waals surface area (Å²) in [5.41, 5.74) is 2.04. The standard InChI is InChI=1S/C18H20FN3O/c19-15-7-5-13(6-8-15)10-21-11-16-9-20-12-22(16)17(18(21)23)14-3-1-2-4-14/h5-9,12,14,17H,1-4,10-11H2. The van der Waals surface area contributed by atoms with Crippen LogP contribution in [0.25, 0.3) is 0 Å². The molecule has 2 aliphatic rings. The number of hydrogen-bond acceptors (Lipinski definition) is 2. The fourth-order valence-electron chi connectivity index (χ4n) is 3.93. The Balaban J connectivity index is 1.61. The number of carbonyl (C=O) groups is 1. The van der Waals surface area contributed by atoms with E-state index in [4.69, 9.17) is 0 Å². The van der Waals surface area contributed by atoms with Gasteiger partial charge in [-0.25, -0.2) is 9.37 Å². The number of benzene rings is 1. The molecule has 4 rings (SSSR count). The normalized spacial score (nSPS) is 21.7. The largest absolute Gasteiger partial charge is 0.331 e. The summed E-state index contributed by atoms with van der Waals surface area (Å²) in [5.74, 6) is 0.332. The molecular formula is C18H20FN3O. The Morgan fingerprint density at radius 2 is 1.91 bits per heavy atom. The Morgan fingerprint density at radius 1 is 1.17 bits per heavy atom. The molecule has 1 atom stereocenters. The molecule has 1 aromatic heterocycles. The molecule has 0 spiro atoms. The molecular weight excluding hydrogens is 293 g/mol. The molecule has 1 fully saturated rings. The third-order valence-corrected chi connectivity index (χ3v) is 5.10. The third kappa shape index (κ3) is 2.64. The molecule has 120 valence electrons. The second kappa shape index (κ2) is 5.80. The maximum atomic E-state index is 13.1. The third-order valence-electron chi connectivity index (χ3n) is 5.10. The van der Waals surface area contributed by atoms with Crippen molar-refractivity contribution in [3.63, 3.8) is 0 Å². The van der Waals surface area contributed by atoms with Gasteiger partial charge in [-0.3, -0.25) is 4.79 Å². The summed E-state index contributed by atoms with van der Waals surface area (Å²) in [7, 11) is 0. The molecule has 5 heteroatoms. The monoisotopic (exact) mass is 313 g/mol. The fourth-order valence-corrected chi connectivity index (χ4v) is 3.93. The lowest BCUT2D eigenvalue weighted by molar-refractivity contribution is -0.140. The van der Waals surface area contributed by atoms with Crippen molar-refractivity contribution >= 4 is 5.91 Å². The van der Waals surface area contributed by atoms with Gasteiger partial charge in [-0.2, -0.15) is 0 Å². The van der Waals surface area contributed by atoms with E-state index in [-0.39, 0.29) is 17.8 Å². The van der Waals surface area contributed by atoms with Crippen molar-refractivity contribution in [1.82, 2.24) is 14.5 Å². The molecule has 0 saturated heterocycles. The first kappa shape index (κ1) is 14.4. The lowest BCUT2D eigenvalue weighted by atomic mass is 9.94. The van der Waals surface area contributed by atoms with Crippen molar-refractivity contribution in [3.8, 4) is 0 Å². The van der Waals surface area contributed by atoms with Crippen LogP contribution in [0.5, 0.6) is 0 Å². The number of rotatable bonds is 3. The Kier molecular flexibility index (Phi) is 3.63. The molecule has 1 unspecified atom stereocenters. The topological polar surface area (TPSA) is 38.1 Å². The summed E-state index contributed by atoms with van der Waals surface area (Å²) in [4.78, 5) is 19.2. The van der Waals surface area contributed by atoms with E-state index in [9.17, 15) is 9.18 Å². The molecule has 2 aromatic rings. The smallest absolute Gasteiger partial charge is 0.246 e. The van der Waals surface area contributed by atoms with Crippen LogP contribution in [0, 0.1) is 11.7 Å². The van der Waals surface area contributed by atoms with Crippen molar-refractivity contribution in [3.05, 3.63) is 53.9 Å². The number of imidazole rings is 1. The summed E-state index contributed by atoms with van der Waals surface area (Å²) in [6.45, 7) is 1.09. The van der Waals surface area contributed by atoms with Gasteiger partial charge in [0.2, 0.25) is 5.91 Å². The van der Waals surface area contributed by atoms with E-state index in [0.717, 1.165) is 24.1 Å². The summed E-state index contributed by atoms with van der Waals surface area (Å²) < 4.78 is 15.1. The Morgan fingerprint density at radius 3 is 2.65 bits per heavy atom. The van der Waals surface area contributed by atoms with Gasteiger partial charge in [0.25, 0.3) is 0 Å². The Bertz CT molecular complexity index is 703. The number of nitrogens with zero attached hydrogens (tertiary/aromatic N) is 3. The minimum absolute atomic E-state index is 0.121. The van der Waals surface area contributed by atoms with Crippen LogP contribution in [0.3, 0.4) is 0 Å². The molecule has 4 nitrogen and oxygen atoms in total. The average molecular weight is 313 g/mol. The molecule has 0 N–H and O–H groups in total. The van der Waals surface area contributed by atoms with Gasteiger partial charge in [0.1, 0.15) is 11.9 Å². The van der Waals surface area contributed by atoms with E-state index >= 15 is 0 Å². The first-order valence-corrected chi connectivity index (χ1v) is 8.26. The van der Waals surface area contributed by atoms with Crippen molar-refractivity contribution in [2.45, 2.75) is 44.8 Å². The maximum absolute atomic E-state index is 13.1. The van der Waals surface area contributed by atoms with Gasteiger partial charge < -0.3 is 9.47 Å². The molecule has 0 radical (unpaired) electrons. The highest BCUT2D eigenvalue weighted by Gasteiger charge is 2.39. The lowest BCUT2D eigenvalue weighted by Crippen LogP contribution is -2.44. The predicted molar refractivity (Wildman–Crippen MR) is 83.9 cm³/mol. The van der Waals surface area contributed by atoms with Gasteiger partial charge in [-0.05, 0) is 36.5 Å². The molecule has 1 amide bonds. The summed E-state index contributed by atoms with van der Waals surface area (Å²) in [5, 5.41) is 0. The summed E-state index contributed by atoms with van der Waals surface area (Å²) in [6, 6.07) is 6.27. The number of halogens is 1. The van der Waals surface area contributed by atoms with Crippen LogP contribution in [0.2, 0.25) is 0 Å². The van der Waals surface area contributed by atoms with Crippen LogP contribution in [0.4, 0.5) is 4.39 Å². The Hall–Kier alpha value is -2.17. The average Bonchev–Trinajstić information content (AvgIpc) is 3.21. The van der Waals surface area contributed by atoms with Gasteiger partial charge in [-0.1, -0.05) is 25.0 Å². The van der Waals surface area contributed by atoms with Crippen molar-refractivity contribution < 1.29 is 9.18 Å². The molecule has 2 heterocycles. The quantitative estimate of drug-likeness (QED) is 0.872. The number of fused-ring (bicyclic) bond motifs is 1. The molecule has 1 aliphatic carbocycles. The number of carbonyl (C=O) groups excluding carboxylic acids is 1. The SMILES string of the molecule is O=C1C(C2CCCC2)n2cncc2CN1Cc1ccc(F)cc1. The zero-order valence-corrected chi connectivity index (χ0v) is 13.0. The fraction of sp³-hybridized carbons (Fsp3) is 0.444. The summed E-state index contributed by atoms with van der Waals surface area (Å²) >= 11 is 0. The van der Waals surface area contributed by atoms with Crippen molar-refractivity contribution in [1.29, 1.82) is 0 Å². The molecule has 1 aliphatic heterocycles. The highest BCUT2D eigenvalue weighted by molar-refractivity contribution is 5.82. The minimum atomic E-state index is -0.249. The zero-order valence-electron chi connectivity index (χ0n) is 13.0. The van der Waals surface area contributed by atoms with Crippen LogP contribution in [0.1, 0.15) is 43.0 Å². The van der Waals surface area contributed by atoms with E-state index in [2.05, 4.69) is 9.55 Å². The summed E-state index contributed by atoms with van der Waals surface area (Å²) in [6.07, 6.45) is 8.28. The van der Waals surface area contributed by atoms with Crippen LogP contribution < -0.4 is 0 Å². The van der Waals surface area contributed by atoms with Crippen molar-refractivity contribution in [2.24, 2.45) is 5.92 Å². The number of hydrogen-bond donors (Lipinski definition) is 0. The lowest BCUT2D eigenvalue weighted by Gasteiger charge is -2.36. The highest BCUT2D eigenvalue weighted by atomic mass is 19.1. The van der Waals surface area contributed by atoms with Gasteiger partial charge in [0.05, 0.1) is 18.6 Å². The number of amides is 1. The Labute approximate surface area is 134 Å². The van der Waals surface area contributed by atoms with Gasteiger partial charge in [-0.15, -0.1) is 0 Å². The highest BCUT2D eigenvalue weighted by Crippen LogP contribution is 2.38. The van der Waals surface area contributed by atoms with Crippen LogP contribution in [-0.2, 0) is 17.9 Å². The van der Waals surface area contributed by atoms with Crippen LogP contribution in [-0.4, -0.2) is 20.4 Å². The number of aromatic nitrogens is 2. The first-order chi connectivity index (χ1) is 11.2. The molecule has 0 bridgehead atoms. The van der Waals surface area contributed by atoms with E-state index in [1.165, 1.54) is 25.0 Å². The first-order valence-electron chi connectivity index (χ1n) is 8.26. The molecule has 1 saturated carbocycles. The minimum Gasteiger partial charge on any atom is -0.331 e.